The number of pyridine rings is 1. The lowest BCUT2D eigenvalue weighted by Gasteiger charge is -2.25. The quantitative estimate of drug-likeness (QED) is 0.204. The molecule has 1 aliphatic carbocycles. The Morgan fingerprint density at radius 1 is 0.778 bits per heavy atom. The molecule has 0 aliphatic heterocycles. The first kappa shape index (κ1) is 29.1. The molecule has 0 saturated carbocycles. The van der Waals surface area contributed by atoms with Gasteiger partial charge in [-0.3, -0.25) is 9.13 Å². The van der Waals surface area contributed by atoms with Crippen LogP contribution in [-0.2, 0) is 17.3 Å². The molecule has 0 amide bonds. The molecule has 0 saturated heterocycles. The van der Waals surface area contributed by atoms with Gasteiger partial charge in [-0.1, -0.05) is 65.8 Å². The molecule has 0 spiro atoms. The molecule has 1 atom stereocenters. The van der Waals surface area contributed by atoms with Crippen LogP contribution in [0, 0.1) is 13.8 Å². The van der Waals surface area contributed by atoms with Crippen LogP contribution in [0.25, 0.3) is 39.5 Å². The number of aromatic nitrogens is 4. The molecule has 45 heavy (non-hydrogen) atoms. The van der Waals surface area contributed by atoms with Gasteiger partial charge in [-0.15, -0.1) is 0 Å². The van der Waals surface area contributed by atoms with Crippen molar-refractivity contribution < 1.29 is 4.74 Å². The molecule has 3 aromatic carbocycles. The van der Waals surface area contributed by atoms with Crippen molar-refractivity contribution in [2.24, 2.45) is 0 Å². The highest BCUT2D eigenvalue weighted by Crippen LogP contribution is 2.37. The molecule has 3 aromatic heterocycles. The lowest BCUT2D eigenvalue weighted by atomic mass is 9.86. The van der Waals surface area contributed by atoms with E-state index in [0.717, 1.165) is 34.7 Å². The van der Waals surface area contributed by atoms with E-state index >= 15 is 0 Å². The standard InChI is InChI=1S/C40H42N4O/c1-25-17-34-37(18-26(25)2)43(24-42-34)29-19-28(40(6,7)8)20-31(22-29)45-30-13-14-33-32-11-9-10-12-35(32)44(36(33)23-30)38-21-27(15-16-41-38)39(3,4)5/h9-22,24,30H,23H2,1-8H3. The normalized spacial score (nSPS) is 15.2. The zero-order valence-corrected chi connectivity index (χ0v) is 27.6. The Morgan fingerprint density at radius 2 is 1.53 bits per heavy atom. The van der Waals surface area contributed by atoms with Crippen molar-refractivity contribution in [2.45, 2.75) is 78.7 Å². The van der Waals surface area contributed by atoms with Crippen LogP contribution in [-0.4, -0.2) is 25.2 Å². The SMILES string of the molecule is Cc1cc2ncn(-c3cc(OC4C=Cc5c(n(-c6cc(C(C)(C)C)ccn6)c6ccccc56)C4)cc(C(C)(C)C)c3)c2cc1C. The zero-order valence-electron chi connectivity index (χ0n) is 27.6. The zero-order chi connectivity index (χ0) is 31.7. The fourth-order valence-corrected chi connectivity index (χ4v) is 6.39. The van der Waals surface area contributed by atoms with Crippen molar-refractivity contribution >= 4 is 28.0 Å². The molecular formula is C40H42N4O. The van der Waals surface area contributed by atoms with Gasteiger partial charge < -0.3 is 4.74 Å². The van der Waals surface area contributed by atoms with Crippen molar-refractivity contribution in [1.29, 1.82) is 0 Å². The third kappa shape index (κ3) is 5.24. The van der Waals surface area contributed by atoms with Crippen molar-refractivity contribution in [3.05, 3.63) is 119 Å². The number of nitrogens with zero attached hydrogens (tertiary/aromatic N) is 4. The third-order valence-corrected chi connectivity index (χ3v) is 9.21. The maximum absolute atomic E-state index is 6.85. The topological polar surface area (TPSA) is 44.9 Å². The van der Waals surface area contributed by atoms with Gasteiger partial charge in [-0.2, -0.15) is 0 Å². The molecule has 6 aromatic rings. The monoisotopic (exact) mass is 594 g/mol. The Balaban J connectivity index is 1.29. The summed E-state index contributed by atoms with van der Waals surface area (Å²) in [6, 6.07) is 24.0. The van der Waals surface area contributed by atoms with E-state index < -0.39 is 0 Å². The van der Waals surface area contributed by atoms with Crippen molar-refractivity contribution in [2.75, 3.05) is 0 Å². The minimum absolute atomic E-state index is 0.0279. The number of aryl methyl sites for hydroxylation is 2. The molecule has 1 aliphatic rings. The lowest BCUT2D eigenvalue weighted by Crippen LogP contribution is -2.22. The van der Waals surface area contributed by atoms with Crippen LogP contribution in [0.15, 0.2) is 85.3 Å². The van der Waals surface area contributed by atoms with Gasteiger partial charge in [0.25, 0.3) is 0 Å². The fraction of sp³-hybridized carbons (Fsp3) is 0.300. The Morgan fingerprint density at radius 3 is 2.31 bits per heavy atom. The summed E-state index contributed by atoms with van der Waals surface area (Å²) in [6.45, 7) is 17.8. The van der Waals surface area contributed by atoms with Crippen LogP contribution in [0.3, 0.4) is 0 Å². The van der Waals surface area contributed by atoms with Gasteiger partial charge in [0.2, 0.25) is 0 Å². The molecule has 5 heteroatoms. The van der Waals surface area contributed by atoms with Crippen molar-refractivity contribution in [1.82, 2.24) is 19.1 Å². The van der Waals surface area contributed by atoms with E-state index in [1.54, 1.807) is 0 Å². The highest BCUT2D eigenvalue weighted by molar-refractivity contribution is 5.93. The van der Waals surface area contributed by atoms with E-state index in [1.807, 2.05) is 12.5 Å². The Kier molecular flexibility index (Phi) is 6.77. The summed E-state index contributed by atoms with van der Waals surface area (Å²) in [6.07, 6.45) is 8.92. The number of benzene rings is 3. The number of fused-ring (bicyclic) bond motifs is 4. The number of hydrogen-bond donors (Lipinski definition) is 0. The number of hydrogen-bond acceptors (Lipinski definition) is 3. The van der Waals surface area contributed by atoms with Crippen LogP contribution in [0.1, 0.15) is 75.1 Å². The molecular weight excluding hydrogens is 552 g/mol. The summed E-state index contributed by atoms with van der Waals surface area (Å²) >= 11 is 0. The second-order valence-electron chi connectivity index (χ2n) is 14.6. The lowest BCUT2D eigenvalue weighted by molar-refractivity contribution is 0.246. The summed E-state index contributed by atoms with van der Waals surface area (Å²) in [4.78, 5) is 9.61. The summed E-state index contributed by atoms with van der Waals surface area (Å²) in [5.41, 5.74) is 11.8. The van der Waals surface area contributed by atoms with E-state index in [2.05, 4.69) is 143 Å². The van der Waals surface area contributed by atoms with E-state index in [0.29, 0.717) is 0 Å². The first-order valence-corrected chi connectivity index (χ1v) is 15.9. The van der Waals surface area contributed by atoms with Gasteiger partial charge in [-0.05, 0) is 95.5 Å². The van der Waals surface area contributed by atoms with Crippen LogP contribution in [0.4, 0.5) is 0 Å². The van der Waals surface area contributed by atoms with E-state index in [1.165, 1.54) is 44.4 Å². The fourth-order valence-electron chi connectivity index (χ4n) is 6.39. The average Bonchev–Trinajstić information content (AvgIpc) is 3.54. The van der Waals surface area contributed by atoms with Gasteiger partial charge in [-0.25, -0.2) is 9.97 Å². The predicted octanol–water partition coefficient (Wildman–Crippen LogP) is 9.59. The van der Waals surface area contributed by atoms with Gasteiger partial charge in [0.15, 0.2) is 0 Å². The summed E-state index contributed by atoms with van der Waals surface area (Å²) in [5, 5.41) is 1.24. The molecule has 0 fully saturated rings. The third-order valence-electron chi connectivity index (χ3n) is 9.21. The maximum Gasteiger partial charge on any atom is 0.137 e. The second kappa shape index (κ2) is 10.5. The van der Waals surface area contributed by atoms with Crippen molar-refractivity contribution in [3.63, 3.8) is 0 Å². The minimum atomic E-state index is -0.126. The Labute approximate surface area is 266 Å². The van der Waals surface area contributed by atoms with Gasteiger partial charge >= 0.3 is 0 Å². The summed E-state index contributed by atoms with van der Waals surface area (Å²) < 4.78 is 11.4. The maximum atomic E-state index is 6.85. The predicted molar refractivity (Wildman–Crippen MR) is 186 cm³/mol. The molecule has 0 radical (unpaired) electrons. The smallest absolute Gasteiger partial charge is 0.137 e. The first-order valence-electron chi connectivity index (χ1n) is 15.9. The highest BCUT2D eigenvalue weighted by Gasteiger charge is 2.26. The van der Waals surface area contributed by atoms with Crippen LogP contribution in [0.2, 0.25) is 0 Å². The van der Waals surface area contributed by atoms with Gasteiger partial charge in [0.1, 0.15) is 24.0 Å². The largest absolute Gasteiger partial charge is 0.486 e. The van der Waals surface area contributed by atoms with Gasteiger partial charge in [0, 0.05) is 35.3 Å². The van der Waals surface area contributed by atoms with E-state index in [-0.39, 0.29) is 16.9 Å². The van der Waals surface area contributed by atoms with Crippen LogP contribution in [0.5, 0.6) is 5.75 Å². The number of ether oxygens (including phenoxy) is 1. The van der Waals surface area contributed by atoms with E-state index in [9.17, 15) is 0 Å². The first-order chi connectivity index (χ1) is 21.4. The van der Waals surface area contributed by atoms with Crippen LogP contribution >= 0.6 is 0 Å². The Bertz CT molecular complexity index is 2110. The molecule has 1 unspecified atom stereocenters. The molecule has 7 rings (SSSR count). The Hall–Kier alpha value is -4.64. The average molecular weight is 595 g/mol. The molecule has 228 valence electrons. The minimum Gasteiger partial charge on any atom is -0.486 e. The number of rotatable bonds is 4. The van der Waals surface area contributed by atoms with Crippen LogP contribution < -0.4 is 4.74 Å². The molecule has 5 nitrogen and oxygen atoms in total. The van der Waals surface area contributed by atoms with E-state index in [4.69, 9.17) is 14.7 Å². The molecule has 0 N–H and O–H groups in total. The summed E-state index contributed by atoms with van der Waals surface area (Å²) in [7, 11) is 0. The second-order valence-corrected chi connectivity index (χ2v) is 14.6. The molecule has 3 heterocycles. The van der Waals surface area contributed by atoms with Crippen molar-refractivity contribution in [3.8, 4) is 17.3 Å². The summed E-state index contributed by atoms with van der Waals surface area (Å²) in [5.74, 6) is 1.81. The highest BCUT2D eigenvalue weighted by atomic mass is 16.5. The number of para-hydroxylation sites is 1. The molecule has 0 bridgehead atoms. The number of imidazole rings is 1. The van der Waals surface area contributed by atoms with Gasteiger partial charge in [0.05, 0.1) is 22.2 Å².